The number of nitro benzene ring substituents is 2. The van der Waals surface area contributed by atoms with Crippen molar-refractivity contribution in [1.82, 2.24) is 10.0 Å². The Kier molecular flexibility index (Phi) is 5.43. The number of carbonyl (C=O) groups excluding carboxylic acids is 4. The van der Waals surface area contributed by atoms with Gasteiger partial charge in [0.15, 0.2) is 5.78 Å². The molecule has 2 aromatic rings. The highest BCUT2D eigenvalue weighted by Crippen LogP contribution is 2.52. The average molecular weight is 490 g/mol. The Morgan fingerprint density at radius 2 is 1.25 bits per heavy atom. The standard InChI is InChI=1S/C24H18N4O8/c29-19(13-3-7-17(8-4-13)27(33)34)12-25(22(30)14-5-9-18(10-6-14)28(35)36)26-23(31)20-15-1-2-16(11-15)21(20)24(26)32/h1-10,15-16,20-21H,11-12H2/t15-,16-,20-,21+/m0/s1. The number of ketones is 1. The van der Waals surface area contributed by atoms with E-state index in [1.54, 1.807) is 0 Å². The van der Waals surface area contributed by atoms with E-state index in [0.717, 1.165) is 34.3 Å². The molecule has 1 heterocycles. The monoisotopic (exact) mass is 490 g/mol. The number of non-ortho nitro benzene ring substituents is 2. The highest BCUT2D eigenvalue weighted by atomic mass is 16.6. The molecule has 2 bridgehead atoms. The summed E-state index contributed by atoms with van der Waals surface area (Å²) < 4.78 is 0. The van der Waals surface area contributed by atoms with Crippen molar-refractivity contribution in [3.05, 3.63) is 92.0 Å². The van der Waals surface area contributed by atoms with Crippen LogP contribution in [0.2, 0.25) is 0 Å². The number of imide groups is 1. The summed E-state index contributed by atoms with van der Waals surface area (Å²) >= 11 is 0. The van der Waals surface area contributed by atoms with E-state index >= 15 is 0 Å². The Bertz CT molecular complexity index is 1320. The van der Waals surface area contributed by atoms with Gasteiger partial charge >= 0.3 is 0 Å². The molecule has 0 aromatic heterocycles. The minimum absolute atomic E-state index is 0.0446. The molecule has 0 spiro atoms. The molecule has 12 heteroatoms. The van der Waals surface area contributed by atoms with E-state index in [-0.39, 0.29) is 34.3 Å². The zero-order valence-electron chi connectivity index (χ0n) is 18.6. The van der Waals surface area contributed by atoms with Gasteiger partial charge in [0, 0.05) is 35.4 Å². The Labute approximate surface area is 203 Å². The van der Waals surface area contributed by atoms with Crippen molar-refractivity contribution < 1.29 is 29.0 Å². The molecule has 2 aromatic carbocycles. The Balaban J connectivity index is 1.48. The number of hydrogen-bond acceptors (Lipinski definition) is 8. The fraction of sp³-hybridized carbons (Fsp3) is 0.250. The SMILES string of the molecule is O=C(CN(C(=O)c1ccc([N+](=O)[O-])cc1)N1C(=O)[C@@H]2[C@H](C1=O)[C@H]1C=C[C@H]2C1)c1ccc([N+](=O)[O-])cc1. The van der Waals surface area contributed by atoms with Gasteiger partial charge in [-0.1, -0.05) is 12.2 Å². The molecular formula is C24H18N4O8. The minimum atomic E-state index is -0.859. The summed E-state index contributed by atoms with van der Waals surface area (Å²) in [6.45, 7) is -0.687. The molecule has 0 radical (unpaired) electrons. The summed E-state index contributed by atoms with van der Waals surface area (Å²) in [4.78, 5) is 73.8. The zero-order chi connectivity index (χ0) is 25.7. The predicted octanol–water partition coefficient (Wildman–Crippen LogP) is 2.55. The summed E-state index contributed by atoms with van der Waals surface area (Å²) in [7, 11) is 0. The average Bonchev–Trinajstić information content (AvgIpc) is 3.56. The number of Topliss-reactive ketones (excluding diaryl/α,β-unsaturated/α-hetero) is 1. The molecule has 12 nitrogen and oxygen atoms in total. The maximum Gasteiger partial charge on any atom is 0.273 e. The molecule has 3 aliphatic rings. The maximum atomic E-state index is 13.5. The van der Waals surface area contributed by atoms with Gasteiger partial charge in [-0.05, 0) is 42.5 Å². The Morgan fingerprint density at radius 3 is 1.69 bits per heavy atom. The van der Waals surface area contributed by atoms with Crippen molar-refractivity contribution in [2.24, 2.45) is 23.7 Å². The fourth-order valence-corrected chi connectivity index (χ4v) is 5.23. The zero-order valence-corrected chi connectivity index (χ0v) is 18.6. The largest absolute Gasteiger partial charge is 0.292 e. The first-order chi connectivity index (χ1) is 17.2. The molecule has 1 saturated heterocycles. The first kappa shape index (κ1) is 23.0. The molecule has 3 amide bonds. The lowest BCUT2D eigenvalue weighted by atomic mass is 9.85. The summed E-state index contributed by atoms with van der Waals surface area (Å²) in [5.74, 6) is -4.14. The van der Waals surface area contributed by atoms with Crippen molar-refractivity contribution in [3.8, 4) is 0 Å². The number of fused-ring (bicyclic) bond motifs is 5. The number of hydrazine groups is 1. The maximum absolute atomic E-state index is 13.5. The van der Waals surface area contributed by atoms with Crippen molar-refractivity contribution >= 4 is 34.9 Å². The van der Waals surface area contributed by atoms with Crippen LogP contribution in [0.4, 0.5) is 11.4 Å². The number of rotatable bonds is 7. The van der Waals surface area contributed by atoms with Gasteiger partial charge in [0.05, 0.1) is 21.7 Å². The molecular weight excluding hydrogens is 472 g/mol. The second kappa shape index (κ2) is 8.48. The second-order valence-electron chi connectivity index (χ2n) is 8.88. The van der Waals surface area contributed by atoms with Gasteiger partial charge in [-0.3, -0.25) is 39.4 Å². The molecule has 2 fully saturated rings. The molecule has 1 aliphatic heterocycles. The van der Waals surface area contributed by atoms with Crippen molar-refractivity contribution in [1.29, 1.82) is 0 Å². The molecule has 4 atom stereocenters. The van der Waals surface area contributed by atoms with E-state index in [0.29, 0.717) is 6.42 Å². The number of benzene rings is 2. The minimum Gasteiger partial charge on any atom is -0.292 e. The molecule has 182 valence electrons. The van der Waals surface area contributed by atoms with Crippen LogP contribution in [0.1, 0.15) is 27.1 Å². The number of carbonyl (C=O) groups is 4. The van der Waals surface area contributed by atoms with Gasteiger partial charge < -0.3 is 0 Å². The van der Waals surface area contributed by atoms with Gasteiger partial charge in [-0.15, -0.1) is 0 Å². The Hall–Kier alpha value is -4.74. The van der Waals surface area contributed by atoms with E-state index in [1.165, 1.54) is 24.3 Å². The van der Waals surface area contributed by atoms with Gasteiger partial charge in [0.1, 0.15) is 6.54 Å². The molecule has 36 heavy (non-hydrogen) atoms. The summed E-state index contributed by atoms with van der Waals surface area (Å²) in [6.07, 6.45) is 4.47. The summed E-state index contributed by atoms with van der Waals surface area (Å²) in [6, 6.07) is 9.29. The summed E-state index contributed by atoms with van der Waals surface area (Å²) in [5.41, 5.74) is -0.504. The third-order valence-electron chi connectivity index (χ3n) is 6.94. The van der Waals surface area contributed by atoms with Crippen LogP contribution >= 0.6 is 0 Å². The molecule has 0 unspecified atom stereocenters. The lowest BCUT2D eigenvalue weighted by Gasteiger charge is -2.30. The van der Waals surface area contributed by atoms with Gasteiger partial charge in [0.2, 0.25) is 0 Å². The highest BCUT2D eigenvalue weighted by molar-refractivity contribution is 6.10. The molecule has 5 rings (SSSR count). The Morgan fingerprint density at radius 1 is 0.806 bits per heavy atom. The lowest BCUT2D eigenvalue weighted by Crippen LogP contribution is -2.52. The molecule has 1 saturated carbocycles. The molecule has 2 aliphatic carbocycles. The van der Waals surface area contributed by atoms with E-state index in [4.69, 9.17) is 0 Å². The number of hydrogen-bond donors (Lipinski definition) is 0. The lowest BCUT2D eigenvalue weighted by molar-refractivity contribution is -0.385. The first-order valence-corrected chi connectivity index (χ1v) is 11.1. The fourth-order valence-electron chi connectivity index (χ4n) is 5.23. The van der Waals surface area contributed by atoms with Gasteiger partial charge in [0.25, 0.3) is 29.1 Å². The predicted molar refractivity (Wildman–Crippen MR) is 121 cm³/mol. The third kappa shape index (κ3) is 3.63. The topological polar surface area (TPSA) is 161 Å². The van der Waals surface area contributed by atoms with Crippen molar-refractivity contribution in [2.45, 2.75) is 6.42 Å². The van der Waals surface area contributed by atoms with Crippen LogP contribution in [-0.2, 0) is 9.59 Å². The third-order valence-corrected chi connectivity index (χ3v) is 6.94. The quantitative estimate of drug-likeness (QED) is 0.188. The van der Waals surface area contributed by atoms with Crippen LogP contribution in [0.15, 0.2) is 60.7 Å². The van der Waals surface area contributed by atoms with Crippen LogP contribution in [0.5, 0.6) is 0 Å². The van der Waals surface area contributed by atoms with Crippen LogP contribution in [0.25, 0.3) is 0 Å². The van der Waals surface area contributed by atoms with E-state index in [9.17, 15) is 39.4 Å². The normalized spacial score (nSPS) is 23.6. The number of nitro groups is 2. The van der Waals surface area contributed by atoms with Crippen molar-refractivity contribution in [2.75, 3.05) is 6.54 Å². The smallest absolute Gasteiger partial charge is 0.273 e. The van der Waals surface area contributed by atoms with E-state index in [2.05, 4.69) is 0 Å². The number of allylic oxidation sites excluding steroid dienone is 2. The van der Waals surface area contributed by atoms with Crippen molar-refractivity contribution in [3.63, 3.8) is 0 Å². The second-order valence-corrected chi connectivity index (χ2v) is 8.88. The number of amides is 3. The summed E-state index contributed by atoms with van der Waals surface area (Å²) in [5, 5.41) is 23.4. The van der Waals surface area contributed by atoms with Gasteiger partial charge in [-0.25, -0.2) is 5.01 Å². The van der Waals surface area contributed by atoms with E-state index in [1.807, 2.05) is 12.2 Å². The highest BCUT2D eigenvalue weighted by Gasteiger charge is 2.61. The first-order valence-electron chi connectivity index (χ1n) is 11.1. The van der Waals surface area contributed by atoms with Crippen LogP contribution in [0, 0.1) is 43.9 Å². The number of nitrogens with zero attached hydrogens (tertiary/aromatic N) is 4. The van der Waals surface area contributed by atoms with Crippen LogP contribution in [-0.4, -0.2) is 49.9 Å². The van der Waals surface area contributed by atoms with Crippen LogP contribution < -0.4 is 0 Å². The van der Waals surface area contributed by atoms with Crippen LogP contribution in [0.3, 0.4) is 0 Å². The van der Waals surface area contributed by atoms with Gasteiger partial charge in [-0.2, -0.15) is 5.01 Å². The molecule has 0 N–H and O–H groups in total. The van der Waals surface area contributed by atoms with E-state index < -0.39 is 51.7 Å².